The third-order valence-corrected chi connectivity index (χ3v) is 4.78. The van der Waals surface area contributed by atoms with Crippen LogP contribution in [0.4, 0.5) is 0 Å². The van der Waals surface area contributed by atoms with Crippen LogP contribution in [-0.2, 0) is 4.74 Å². The second-order valence-electron chi connectivity index (χ2n) is 6.32. The highest BCUT2D eigenvalue weighted by atomic mass is 16.6. The van der Waals surface area contributed by atoms with Crippen LogP contribution in [-0.4, -0.2) is 19.2 Å². The summed E-state index contributed by atoms with van der Waals surface area (Å²) in [5.41, 5.74) is 4.71. The molecule has 5 rings (SSSR count). The third kappa shape index (κ3) is 2.34. The van der Waals surface area contributed by atoms with Gasteiger partial charge in [-0.05, 0) is 29.3 Å². The molecule has 4 heteroatoms. The SMILES string of the molecule is O=C(OC1c2ccccc2-c2ccccc21)c1ccc2c(c1)OCCO2. The maximum absolute atomic E-state index is 12.8. The van der Waals surface area contributed by atoms with E-state index in [2.05, 4.69) is 12.1 Å². The van der Waals surface area contributed by atoms with Crippen molar-refractivity contribution in [3.63, 3.8) is 0 Å². The van der Waals surface area contributed by atoms with Crippen molar-refractivity contribution in [3.05, 3.63) is 83.4 Å². The number of ether oxygens (including phenoxy) is 3. The monoisotopic (exact) mass is 344 g/mol. The van der Waals surface area contributed by atoms with Crippen molar-refractivity contribution in [2.24, 2.45) is 0 Å². The zero-order chi connectivity index (χ0) is 17.5. The fourth-order valence-corrected chi connectivity index (χ4v) is 3.58. The minimum Gasteiger partial charge on any atom is -0.486 e. The molecule has 2 aliphatic rings. The molecule has 0 spiro atoms. The van der Waals surface area contributed by atoms with Gasteiger partial charge in [-0.15, -0.1) is 0 Å². The number of hydrogen-bond donors (Lipinski definition) is 0. The second kappa shape index (κ2) is 5.92. The summed E-state index contributed by atoms with van der Waals surface area (Å²) in [6, 6.07) is 21.2. The van der Waals surface area contributed by atoms with Gasteiger partial charge in [-0.2, -0.15) is 0 Å². The van der Waals surface area contributed by atoms with Crippen molar-refractivity contribution < 1.29 is 19.0 Å². The number of carbonyl (C=O) groups is 1. The Morgan fingerprint density at radius 3 is 2.12 bits per heavy atom. The smallest absolute Gasteiger partial charge is 0.339 e. The molecule has 3 aromatic rings. The fourth-order valence-electron chi connectivity index (χ4n) is 3.58. The van der Waals surface area contributed by atoms with Crippen molar-refractivity contribution in [2.45, 2.75) is 6.10 Å². The van der Waals surface area contributed by atoms with Crippen molar-refractivity contribution in [1.82, 2.24) is 0 Å². The highest BCUT2D eigenvalue weighted by molar-refractivity contribution is 5.91. The molecule has 26 heavy (non-hydrogen) atoms. The zero-order valence-electron chi connectivity index (χ0n) is 14.0. The first-order chi connectivity index (χ1) is 12.8. The van der Waals surface area contributed by atoms with E-state index in [-0.39, 0.29) is 5.97 Å². The molecule has 0 aromatic heterocycles. The third-order valence-electron chi connectivity index (χ3n) is 4.78. The number of rotatable bonds is 2. The van der Waals surface area contributed by atoms with Crippen LogP contribution in [0.1, 0.15) is 27.6 Å². The highest BCUT2D eigenvalue weighted by Gasteiger charge is 2.31. The maximum atomic E-state index is 12.8. The van der Waals surface area contributed by atoms with E-state index >= 15 is 0 Å². The van der Waals surface area contributed by atoms with Crippen LogP contribution < -0.4 is 9.47 Å². The number of carbonyl (C=O) groups excluding carboxylic acids is 1. The van der Waals surface area contributed by atoms with Crippen LogP contribution in [0.3, 0.4) is 0 Å². The number of fused-ring (bicyclic) bond motifs is 4. The molecular formula is C22H16O4. The van der Waals surface area contributed by atoms with E-state index in [0.29, 0.717) is 30.3 Å². The summed E-state index contributed by atoms with van der Waals surface area (Å²) >= 11 is 0. The molecule has 0 N–H and O–H groups in total. The minimum absolute atomic E-state index is 0.376. The predicted molar refractivity (Wildman–Crippen MR) is 96.6 cm³/mol. The molecule has 0 fully saturated rings. The second-order valence-corrected chi connectivity index (χ2v) is 6.32. The van der Waals surface area contributed by atoms with Gasteiger partial charge in [-0.1, -0.05) is 48.5 Å². The van der Waals surface area contributed by atoms with Gasteiger partial charge in [0.25, 0.3) is 0 Å². The van der Waals surface area contributed by atoms with E-state index in [1.165, 1.54) is 0 Å². The van der Waals surface area contributed by atoms with Gasteiger partial charge in [-0.25, -0.2) is 4.79 Å². The van der Waals surface area contributed by atoms with Crippen LogP contribution in [0.5, 0.6) is 11.5 Å². The normalized spacial score (nSPS) is 14.5. The van der Waals surface area contributed by atoms with Gasteiger partial charge in [0.1, 0.15) is 13.2 Å². The Morgan fingerprint density at radius 1 is 0.808 bits per heavy atom. The van der Waals surface area contributed by atoms with Gasteiger partial charge in [0.2, 0.25) is 0 Å². The largest absolute Gasteiger partial charge is 0.486 e. The standard InChI is InChI=1S/C22H16O4/c23-22(14-9-10-19-20(13-14)25-12-11-24-19)26-21-17-7-3-1-5-15(17)16-6-2-4-8-18(16)21/h1-10,13,21H,11-12H2. The minimum atomic E-state index is -0.400. The topological polar surface area (TPSA) is 44.8 Å². The first kappa shape index (κ1) is 15.0. The summed E-state index contributed by atoms with van der Waals surface area (Å²) in [6.45, 7) is 1.00. The van der Waals surface area contributed by atoms with Crippen LogP contribution in [0.25, 0.3) is 11.1 Å². The lowest BCUT2D eigenvalue weighted by Gasteiger charge is -2.19. The molecule has 0 saturated carbocycles. The number of benzene rings is 3. The van der Waals surface area contributed by atoms with Crippen LogP contribution in [0, 0.1) is 0 Å². The summed E-state index contributed by atoms with van der Waals surface area (Å²) in [5.74, 6) is 0.862. The molecule has 128 valence electrons. The van der Waals surface area contributed by atoms with E-state index in [1.54, 1.807) is 18.2 Å². The Morgan fingerprint density at radius 2 is 1.42 bits per heavy atom. The number of hydrogen-bond acceptors (Lipinski definition) is 4. The molecular weight excluding hydrogens is 328 g/mol. The van der Waals surface area contributed by atoms with Crippen molar-refractivity contribution >= 4 is 5.97 Å². The Kier molecular flexibility index (Phi) is 3.42. The van der Waals surface area contributed by atoms with E-state index in [0.717, 1.165) is 22.3 Å². The van der Waals surface area contributed by atoms with E-state index in [4.69, 9.17) is 14.2 Å². The van der Waals surface area contributed by atoms with E-state index in [1.807, 2.05) is 36.4 Å². The molecule has 0 radical (unpaired) electrons. The van der Waals surface area contributed by atoms with Crippen LogP contribution >= 0.6 is 0 Å². The van der Waals surface area contributed by atoms with Gasteiger partial charge in [-0.3, -0.25) is 0 Å². The summed E-state index contributed by atoms with van der Waals surface area (Å²) in [6.07, 6.45) is -0.400. The fraction of sp³-hybridized carbons (Fsp3) is 0.136. The molecule has 0 amide bonds. The molecule has 1 aliphatic heterocycles. The van der Waals surface area contributed by atoms with Gasteiger partial charge in [0.05, 0.1) is 5.56 Å². The summed E-state index contributed by atoms with van der Waals surface area (Å²) in [4.78, 5) is 12.8. The maximum Gasteiger partial charge on any atom is 0.339 e. The lowest BCUT2D eigenvalue weighted by atomic mass is 10.1. The Labute approximate surface area is 150 Å². The van der Waals surface area contributed by atoms with Crippen molar-refractivity contribution in [3.8, 4) is 22.6 Å². The average molecular weight is 344 g/mol. The van der Waals surface area contributed by atoms with Gasteiger partial charge >= 0.3 is 5.97 Å². The molecule has 0 atom stereocenters. The summed E-state index contributed by atoms with van der Waals surface area (Å²) < 4.78 is 17.0. The summed E-state index contributed by atoms with van der Waals surface area (Å²) in [5, 5.41) is 0. The zero-order valence-corrected chi connectivity index (χ0v) is 14.0. The molecule has 1 heterocycles. The lowest BCUT2D eigenvalue weighted by molar-refractivity contribution is 0.0385. The average Bonchev–Trinajstić information content (AvgIpc) is 3.02. The van der Waals surface area contributed by atoms with Gasteiger partial charge in [0, 0.05) is 11.1 Å². The molecule has 1 aliphatic carbocycles. The number of esters is 1. The Balaban J connectivity index is 1.49. The van der Waals surface area contributed by atoms with Crippen molar-refractivity contribution in [2.75, 3.05) is 13.2 Å². The Bertz CT molecular complexity index is 963. The first-order valence-corrected chi connectivity index (χ1v) is 8.60. The highest BCUT2D eigenvalue weighted by Crippen LogP contribution is 2.45. The first-order valence-electron chi connectivity index (χ1n) is 8.60. The quantitative estimate of drug-likeness (QED) is 0.647. The molecule has 0 saturated heterocycles. The lowest BCUT2D eigenvalue weighted by Crippen LogP contribution is -2.16. The van der Waals surface area contributed by atoms with Crippen LogP contribution in [0.15, 0.2) is 66.7 Å². The molecule has 0 unspecified atom stereocenters. The van der Waals surface area contributed by atoms with Gasteiger partial charge < -0.3 is 14.2 Å². The van der Waals surface area contributed by atoms with E-state index < -0.39 is 6.10 Å². The van der Waals surface area contributed by atoms with Crippen LogP contribution in [0.2, 0.25) is 0 Å². The van der Waals surface area contributed by atoms with Crippen molar-refractivity contribution in [1.29, 1.82) is 0 Å². The molecule has 0 bridgehead atoms. The molecule has 3 aromatic carbocycles. The summed E-state index contributed by atoms with van der Waals surface area (Å²) in [7, 11) is 0. The van der Waals surface area contributed by atoms with E-state index in [9.17, 15) is 4.79 Å². The van der Waals surface area contributed by atoms with Gasteiger partial charge in [0.15, 0.2) is 17.6 Å². The Hall–Kier alpha value is -3.27. The predicted octanol–water partition coefficient (Wildman–Crippen LogP) is 4.38. The molecule has 4 nitrogen and oxygen atoms in total.